The van der Waals surface area contributed by atoms with Gasteiger partial charge in [0.2, 0.25) is 0 Å². The minimum absolute atomic E-state index is 0.939. The van der Waals surface area contributed by atoms with Crippen molar-refractivity contribution in [1.29, 1.82) is 0 Å². The maximum atomic E-state index is 4.99. The number of rotatable bonds is 18. The Bertz CT molecular complexity index is 143. The largest absolute Gasteiger partial charge is 0.385 e. The number of hydrogen-bond acceptors (Lipinski definition) is 2. The van der Waals surface area contributed by atoms with Crippen molar-refractivity contribution in [2.45, 2.75) is 117 Å². The highest BCUT2D eigenvalue weighted by atomic mass is 16.5. The van der Waals surface area contributed by atoms with Gasteiger partial charge < -0.3 is 9.47 Å². The second kappa shape index (κ2) is 27.8. The van der Waals surface area contributed by atoms with E-state index in [2.05, 4.69) is 13.8 Å². The minimum Gasteiger partial charge on any atom is -0.385 e. The highest BCUT2D eigenvalue weighted by molar-refractivity contribution is 4.46. The van der Waals surface area contributed by atoms with Gasteiger partial charge in [-0.3, -0.25) is 0 Å². The summed E-state index contributed by atoms with van der Waals surface area (Å²) in [6.45, 7) is 6.40. The van der Waals surface area contributed by atoms with Crippen LogP contribution in [0.3, 0.4) is 0 Å². The van der Waals surface area contributed by atoms with Crippen LogP contribution in [0.2, 0.25) is 0 Å². The first-order valence-corrected chi connectivity index (χ1v) is 10.8. The summed E-state index contributed by atoms with van der Waals surface area (Å²) in [5.41, 5.74) is 0. The van der Waals surface area contributed by atoms with Crippen LogP contribution in [0.5, 0.6) is 0 Å². The van der Waals surface area contributed by atoms with Crippen LogP contribution in [0.25, 0.3) is 0 Å². The average Bonchev–Trinajstić information content (AvgIpc) is 2.60. The molecule has 2 heteroatoms. The van der Waals surface area contributed by atoms with Gasteiger partial charge in [0.15, 0.2) is 0 Å². The van der Waals surface area contributed by atoms with Crippen LogP contribution in [-0.4, -0.2) is 27.4 Å². The number of hydrogen-bond donors (Lipinski definition) is 0. The van der Waals surface area contributed by atoms with E-state index in [1.165, 1.54) is 103 Å². The molecule has 0 rings (SSSR count). The topological polar surface area (TPSA) is 18.5 Å². The SMILES string of the molecule is CCCCCCCCCCOC.CCCCCCCCCCOC. The van der Waals surface area contributed by atoms with Crippen molar-refractivity contribution in [2.24, 2.45) is 0 Å². The van der Waals surface area contributed by atoms with E-state index in [0.717, 1.165) is 13.2 Å². The highest BCUT2D eigenvalue weighted by Crippen LogP contribution is 2.08. The molecule has 0 heterocycles. The monoisotopic (exact) mass is 344 g/mol. The zero-order valence-corrected chi connectivity index (χ0v) is 17.5. The van der Waals surface area contributed by atoms with E-state index >= 15 is 0 Å². The summed E-state index contributed by atoms with van der Waals surface area (Å²) in [5.74, 6) is 0. The molecule has 0 amide bonds. The third kappa shape index (κ3) is 29.9. The van der Waals surface area contributed by atoms with Gasteiger partial charge in [-0.25, -0.2) is 0 Å². The molecular formula is C22H48O2. The van der Waals surface area contributed by atoms with Crippen molar-refractivity contribution in [3.63, 3.8) is 0 Å². The van der Waals surface area contributed by atoms with Gasteiger partial charge in [-0.1, -0.05) is 104 Å². The zero-order chi connectivity index (χ0) is 18.1. The van der Waals surface area contributed by atoms with E-state index in [1.54, 1.807) is 14.2 Å². The van der Waals surface area contributed by atoms with Gasteiger partial charge in [-0.2, -0.15) is 0 Å². The molecule has 0 saturated carbocycles. The van der Waals surface area contributed by atoms with E-state index in [0.29, 0.717) is 0 Å². The van der Waals surface area contributed by atoms with Gasteiger partial charge in [-0.05, 0) is 12.8 Å². The Labute approximate surface area is 154 Å². The van der Waals surface area contributed by atoms with E-state index in [9.17, 15) is 0 Å². The van der Waals surface area contributed by atoms with Crippen molar-refractivity contribution in [3.05, 3.63) is 0 Å². The van der Waals surface area contributed by atoms with Crippen LogP contribution >= 0.6 is 0 Å². The van der Waals surface area contributed by atoms with Crippen LogP contribution < -0.4 is 0 Å². The lowest BCUT2D eigenvalue weighted by molar-refractivity contribution is 0.192. The van der Waals surface area contributed by atoms with Crippen LogP contribution in [0, 0.1) is 0 Å². The second-order valence-corrected chi connectivity index (χ2v) is 6.94. The third-order valence-corrected chi connectivity index (χ3v) is 4.40. The molecule has 0 N–H and O–H groups in total. The molecule has 0 aromatic rings. The number of methoxy groups -OCH3 is 2. The van der Waals surface area contributed by atoms with E-state index < -0.39 is 0 Å². The molecule has 2 nitrogen and oxygen atoms in total. The van der Waals surface area contributed by atoms with E-state index in [4.69, 9.17) is 9.47 Å². The summed E-state index contributed by atoms with van der Waals surface area (Å²) in [6, 6.07) is 0. The van der Waals surface area contributed by atoms with Crippen molar-refractivity contribution < 1.29 is 9.47 Å². The Morgan fingerprint density at radius 1 is 0.375 bits per heavy atom. The maximum Gasteiger partial charge on any atom is 0.0462 e. The normalized spacial score (nSPS) is 10.5. The molecule has 0 aliphatic rings. The molecule has 0 aliphatic carbocycles. The Balaban J connectivity index is 0. The molecule has 0 bridgehead atoms. The van der Waals surface area contributed by atoms with Crippen molar-refractivity contribution in [2.75, 3.05) is 27.4 Å². The van der Waals surface area contributed by atoms with Crippen LogP contribution in [0.4, 0.5) is 0 Å². The zero-order valence-electron chi connectivity index (χ0n) is 17.5. The lowest BCUT2D eigenvalue weighted by atomic mass is 10.1. The van der Waals surface area contributed by atoms with Crippen LogP contribution in [0.15, 0.2) is 0 Å². The molecule has 0 aromatic heterocycles. The molecule has 0 fully saturated rings. The molecular weight excluding hydrogens is 296 g/mol. The predicted octanol–water partition coefficient (Wildman–Crippen LogP) is 7.55. The standard InChI is InChI=1S/2C11H24O/c2*1-3-4-5-6-7-8-9-10-11-12-2/h2*3-11H2,1-2H3. The molecule has 0 spiro atoms. The lowest BCUT2D eigenvalue weighted by Gasteiger charge is -2.00. The van der Waals surface area contributed by atoms with Gasteiger partial charge in [0.1, 0.15) is 0 Å². The molecule has 0 atom stereocenters. The van der Waals surface area contributed by atoms with Gasteiger partial charge in [0, 0.05) is 27.4 Å². The third-order valence-electron chi connectivity index (χ3n) is 4.40. The Kier molecular flexibility index (Phi) is 30.2. The van der Waals surface area contributed by atoms with Gasteiger partial charge in [0.05, 0.1) is 0 Å². The van der Waals surface area contributed by atoms with Crippen LogP contribution in [-0.2, 0) is 9.47 Å². The molecule has 148 valence electrons. The summed E-state index contributed by atoms with van der Waals surface area (Å²) in [6.07, 6.45) is 22.1. The molecule has 24 heavy (non-hydrogen) atoms. The summed E-state index contributed by atoms with van der Waals surface area (Å²) < 4.78 is 9.97. The molecule has 0 aliphatic heterocycles. The number of ether oxygens (including phenoxy) is 2. The lowest BCUT2D eigenvalue weighted by Crippen LogP contribution is -1.88. The summed E-state index contributed by atoms with van der Waals surface area (Å²) >= 11 is 0. The van der Waals surface area contributed by atoms with Gasteiger partial charge in [0.25, 0.3) is 0 Å². The maximum absolute atomic E-state index is 4.99. The quantitative estimate of drug-likeness (QED) is 0.239. The van der Waals surface area contributed by atoms with Crippen LogP contribution in [0.1, 0.15) is 117 Å². The number of unbranched alkanes of at least 4 members (excludes halogenated alkanes) is 14. The Morgan fingerprint density at radius 3 is 0.875 bits per heavy atom. The van der Waals surface area contributed by atoms with Gasteiger partial charge >= 0.3 is 0 Å². The smallest absolute Gasteiger partial charge is 0.0462 e. The first-order valence-electron chi connectivity index (χ1n) is 10.8. The molecule has 0 aromatic carbocycles. The highest BCUT2D eigenvalue weighted by Gasteiger charge is 1.91. The summed E-state index contributed by atoms with van der Waals surface area (Å²) in [5, 5.41) is 0. The summed E-state index contributed by atoms with van der Waals surface area (Å²) in [7, 11) is 3.56. The van der Waals surface area contributed by atoms with Crippen molar-refractivity contribution >= 4 is 0 Å². The fraction of sp³-hybridized carbons (Fsp3) is 1.00. The molecule has 0 saturated heterocycles. The molecule has 0 unspecified atom stereocenters. The first kappa shape index (κ1) is 26.2. The second-order valence-electron chi connectivity index (χ2n) is 6.94. The molecule has 0 radical (unpaired) electrons. The fourth-order valence-corrected chi connectivity index (χ4v) is 2.76. The Hall–Kier alpha value is -0.0800. The average molecular weight is 345 g/mol. The first-order chi connectivity index (χ1) is 11.8. The van der Waals surface area contributed by atoms with E-state index in [1.807, 2.05) is 0 Å². The van der Waals surface area contributed by atoms with E-state index in [-0.39, 0.29) is 0 Å². The van der Waals surface area contributed by atoms with Crippen molar-refractivity contribution in [1.82, 2.24) is 0 Å². The van der Waals surface area contributed by atoms with Crippen molar-refractivity contribution in [3.8, 4) is 0 Å². The Morgan fingerprint density at radius 2 is 0.625 bits per heavy atom. The minimum atomic E-state index is 0.939. The van der Waals surface area contributed by atoms with Gasteiger partial charge in [-0.15, -0.1) is 0 Å². The fourth-order valence-electron chi connectivity index (χ4n) is 2.76. The predicted molar refractivity (Wildman–Crippen MR) is 109 cm³/mol. The summed E-state index contributed by atoms with van der Waals surface area (Å²) in [4.78, 5) is 0.